The van der Waals surface area contributed by atoms with E-state index in [1.54, 1.807) is 0 Å². The quantitative estimate of drug-likeness (QED) is 0.134. The van der Waals surface area contributed by atoms with Crippen LogP contribution in [0.4, 0.5) is 0 Å². The molecule has 6 aromatic heterocycles. The second-order valence-electron chi connectivity index (χ2n) is 27.2. The van der Waals surface area contributed by atoms with Gasteiger partial charge in [0.05, 0.1) is 39.1 Å². The maximum Gasteiger partial charge on any atom is 0.0780 e. The molecule has 0 N–H and O–H groups in total. The Balaban J connectivity index is 0.000000110. The van der Waals surface area contributed by atoms with Crippen LogP contribution in [0.3, 0.4) is 0 Å². The van der Waals surface area contributed by atoms with Gasteiger partial charge in [-0.2, -0.15) is 0 Å². The minimum absolute atomic E-state index is 0.972. The monoisotopic (exact) mass is 1370 g/mol. The van der Waals surface area contributed by atoms with Crippen molar-refractivity contribution in [2.24, 2.45) is 0 Å². The molecule has 0 aliphatic carbocycles. The van der Waals surface area contributed by atoms with Gasteiger partial charge in [0.2, 0.25) is 0 Å². The van der Waals surface area contributed by atoms with Crippen LogP contribution in [0.15, 0.2) is 401 Å². The van der Waals surface area contributed by atoms with Gasteiger partial charge >= 0.3 is 0 Å². The van der Waals surface area contributed by atoms with E-state index in [9.17, 15) is 0 Å². The maximum atomic E-state index is 5.13. The fourth-order valence-electron chi connectivity index (χ4n) is 15.5. The fourth-order valence-corrected chi connectivity index (χ4v) is 15.5. The molecule has 0 spiro atoms. The first-order valence-corrected chi connectivity index (χ1v) is 36.5. The van der Waals surface area contributed by atoms with E-state index in [-0.39, 0.29) is 0 Å². The van der Waals surface area contributed by atoms with Crippen molar-refractivity contribution in [1.29, 1.82) is 0 Å². The molecule has 0 saturated heterocycles. The van der Waals surface area contributed by atoms with E-state index in [0.29, 0.717) is 0 Å². The van der Waals surface area contributed by atoms with Gasteiger partial charge in [0.25, 0.3) is 0 Å². The van der Waals surface area contributed by atoms with Crippen LogP contribution in [-0.4, -0.2) is 29.9 Å². The van der Waals surface area contributed by atoms with Gasteiger partial charge in [0, 0.05) is 85.6 Å². The Morgan fingerprint density at radius 1 is 0.176 bits per heavy atom. The SMILES string of the molecule is c1ccc(-c2cc(-c3ccc(-c4cccc5cccnc45)cc3)nc3ccc4ccccc4c23)cc1.c1ccc(-c2cc(-c3ccc(-c4cccc5ccncc45)cc3)nc3ccc4ccccc4c23)cc1.c1ccc(-c2cc(-c3ccc(-c4cccc5cnccc45)cc3)nc3ccc4ccccc4c23)cc1. The zero-order chi connectivity index (χ0) is 71.7. The van der Waals surface area contributed by atoms with Gasteiger partial charge in [-0.05, 0) is 159 Å². The van der Waals surface area contributed by atoms with E-state index in [0.717, 1.165) is 83.1 Å². The summed E-state index contributed by atoms with van der Waals surface area (Å²) in [6.45, 7) is 0. The van der Waals surface area contributed by atoms with E-state index in [2.05, 4.69) is 379 Å². The van der Waals surface area contributed by atoms with Crippen LogP contribution in [0.2, 0.25) is 0 Å². The first-order valence-electron chi connectivity index (χ1n) is 36.5. The number of nitrogens with zero attached hydrogens (tertiary/aromatic N) is 6. The zero-order valence-electron chi connectivity index (χ0n) is 58.8. The summed E-state index contributed by atoms with van der Waals surface area (Å²) >= 11 is 0. The Kier molecular flexibility index (Phi) is 16.9. The summed E-state index contributed by atoms with van der Waals surface area (Å²) in [4.78, 5) is 28.6. The first kappa shape index (κ1) is 64.4. The van der Waals surface area contributed by atoms with Gasteiger partial charge in [-0.3, -0.25) is 15.0 Å². The van der Waals surface area contributed by atoms with E-state index in [4.69, 9.17) is 15.0 Å². The van der Waals surface area contributed by atoms with Crippen molar-refractivity contribution in [3.63, 3.8) is 0 Å². The van der Waals surface area contributed by atoms with Crippen molar-refractivity contribution in [2.45, 2.75) is 0 Å². The Labute approximate surface area is 625 Å². The molecular formula is C102H66N6. The van der Waals surface area contributed by atoms with Crippen molar-refractivity contribution in [3.8, 4) is 101 Å². The largest absolute Gasteiger partial charge is 0.264 e. The van der Waals surface area contributed by atoms with Crippen molar-refractivity contribution < 1.29 is 0 Å². The Morgan fingerprint density at radius 3 is 0.972 bits per heavy atom. The molecule has 6 heterocycles. The van der Waals surface area contributed by atoms with Gasteiger partial charge in [-0.15, -0.1) is 0 Å². The van der Waals surface area contributed by atoms with E-state index in [1.165, 1.54) is 115 Å². The van der Waals surface area contributed by atoms with Crippen LogP contribution < -0.4 is 0 Å². The van der Waals surface area contributed by atoms with Crippen LogP contribution in [0, 0.1) is 0 Å². The Morgan fingerprint density at radius 2 is 0.509 bits per heavy atom. The molecule has 15 aromatic carbocycles. The van der Waals surface area contributed by atoms with Crippen molar-refractivity contribution in [2.75, 3.05) is 0 Å². The Bertz CT molecular complexity index is 6260. The van der Waals surface area contributed by atoms with E-state index in [1.807, 2.05) is 37.1 Å². The summed E-state index contributed by atoms with van der Waals surface area (Å²) in [7, 11) is 0. The minimum atomic E-state index is 0.972. The van der Waals surface area contributed by atoms with Crippen LogP contribution in [-0.2, 0) is 0 Å². The van der Waals surface area contributed by atoms with Crippen LogP contribution >= 0.6 is 0 Å². The molecule has 0 aliphatic heterocycles. The summed E-state index contributed by atoms with van der Waals surface area (Å²) in [5.41, 5.74) is 24.5. The average Bonchev–Trinajstić information content (AvgIpc) is 0.762. The molecule has 0 radical (unpaired) electrons. The molecule has 0 fully saturated rings. The molecule has 0 bridgehead atoms. The van der Waals surface area contributed by atoms with Crippen LogP contribution in [0.5, 0.6) is 0 Å². The van der Waals surface area contributed by atoms with Crippen molar-refractivity contribution >= 4 is 97.5 Å². The molecule has 0 amide bonds. The highest BCUT2D eigenvalue weighted by Gasteiger charge is 2.18. The molecule has 0 saturated carbocycles. The number of aromatic nitrogens is 6. The van der Waals surface area contributed by atoms with Gasteiger partial charge in [0.1, 0.15) is 0 Å². The average molecular weight is 1380 g/mol. The van der Waals surface area contributed by atoms with Crippen molar-refractivity contribution in [1.82, 2.24) is 29.9 Å². The number of fused-ring (bicyclic) bond motifs is 12. The lowest BCUT2D eigenvalue weighted by Crippen LogP contribution is -1.91. The highest BCUT2D eigenvalue weighted by Crippen LogP contribution is 2.42. The summed E-state index contributed by atoms with van der Waals surface area (Å²) in [6, 6.07) is 131. The number of pyridine rings is 6. The number of rotatable bonds is 9. The molecule has 21 rings (SSSR count). The molecule has 6 nitrogen and oxygen atoms in total. The Hall–Kier alpha value is -14.5. The summed E-state index contributed by atoms with van der Waals surface area (Å²) in [5, 5.41) is 16.8. The summed E-state index contributed by atoms with van der Waals surface area (Å²) in [6.07, 6.45) is 9.41. The highest BCUT2D eigenvalue weighted by molar-refractivity contribution is 6.17. The standard InChI is InChI=1S/3C34H22N2/c1-2-8-23(9-3-1)30-22-32(36-31-20-19-24-10-4-5-13-28(24)33(30)31)26-17-15-25(16-18-26)29-14-6-11-27-12-7-21-35-34(27)29;1-2-7-23(8-3-1)31-21-33(36-32-18-17-24-9-4-5-11-30(24)34(31)32)26-15-13-25(14-16-26)28-12-6-10-27-22-35-20-19-29(27)28;1-2-7-23(8-3-1)30-21-33(36-32-18-17-24-9-4-5-11-29(24)34(30)32)27-15-13-26(14-16-27)28-12-6-10-25-19-20-35-22-31(25)28/h3*1-22H. The summed E-state index contributed by atoms with van der Waals surface area (Å²) < 4.78 is 0. The van der Waals surface area contributed by atoms with Gasteiger partial charge in [-0.25, -0.2) is 15.0 Å². The van der Waals surface area contributed by atoms with E-state index >= 15 is 0 Å². The van der Waals surface area contributed by atoms with Gasteiger partial charge in [-0.1, -0.05) is 315 Å². The minimum Gasteiger partial charge on any atom is -0.264 e. The third kappa shape index (κ3) is 12.3. The molecule has 6 heteroatoms. The third-order valence-corrected chi connectivity index (χ3v) is 20.8. The predicted molar refractivity (Wildman–Crippen MR) is 453 cm³/mol. The lowest BCUT2D eigenvalue weighted by Gasteiger charge is -2.13. The summed E-state index contributed by atoms with van der Waals surface area (Å²) in [5.74, 6) is 0. The second kappa shape index (κ2) is 28.3. The first-order chi connectivity index (χ1) is 53.5. The van der Waals surface area contributed by atoms with Crippen LogP contribution in [0.25, 0.3) is 198 Å². The third-order valence-electron chi connectivity index (χ3n) is 20.8. The zero-order valence-corrected chi connectivity index (χ0v) is 58.8. The molecular weight excluding hydrogens is 1310 g/mol. The lowest BCUT2D eigenvalue weighted by molar-refractivity contribution is 1.36. The molecule has 0 unspecified atom stereocenters. The smallest absolute Gasteiger partial charge is 0.0780 e. The number of benzene rings is 15. The molecule has 0 aliphatic rings. The van der Waals surface area contributed by atoms with Crippen LogP contribution in [0.1, 0.15) is 0 Å². The highest BCUT2D eigenvalue weighted by atomic mass is 14.7. The fraction of sp³-hybridized carbons (Fsp3) is 0. The number of hydrogen-bond donors (Lipinski definition) is 0. The molecule has 21 aromatic rings. The topological polar surface area (TPSA) is 77.3 Å². The van der Waals surface area contributed by atoms with E-state index < -0.39 is 0 Å². The van der Waals surface area contributed by atoms with Gasteiger partial charge < -0.3 is 0 Å². The maximum absolute atomic E-state index is 5.13. The number of hydrogen-bond acceptors (Lipinski definition) is 6. The van der Waals surface area contributed by atoms with Gasteiger partial charge in [0.15, 0.2) is 0 Å². The molecule has 108 heavy (non-hydrogen) atoms. The normalized spacial score (nSPS) is 11.3. The molecule has 0 atom stereocenters. The second-order valence-corrected chi connectivity index (χ2v) is 27.2. The lowest BCUT2D eigenvalue weighted by atomic mass is 9.94. The number of para-hydroxylation sites is 1. The molecule has 504 valence electrons. The predicted octanol–water partition coefficient (Wildman–Crippen LogP) is 26.8. The van der Waals surface area contributed by atoms with Crippen molar-refractivity contribution in [3.05, 3.63) is 401 Å².